The fraction of sp³-hybridized carbons (Fsp3) is 0.476. The van der Waals surface area contributed by atoms with E-state index in [1.807, 2.05) is 50.2 Å². The number of ether oxygens (including phenoxy) is 1. The van der Waals surface area contributed by atoms with Crippen molar-refractivity contribution in [1.82, 2.24) is 15.8 Å². The highest BCUT2D eigenvalue weighted by Gasteiger charge is 2.26. The van der Waals surface area contributed by atoms with E-state index >= 15 is 0 Å². The zero-order valence-corrected chi connectivity index (χ0v) is 17.1. The molecule has 2 N–H and O–H groups in total. The Balaban J connectivity index is 1.86. The molecule has 0 bridgehead atoms. The van der Waals surface area contributed by atoms with E-state index < -0.39 is 17.7 Å². The number of amides is 2. The van der Waals surface area contributed by atoms with E-state index in [1.54, 1.807) is 20.8 Å². The lowest BCUT2D eigenvalue weighted by molar-refractivity contribution is -0.124. The molecule has 0 fully saturated rings. The number of nitrogens with zero attached hydrogens (tertiary/aromatic N) is 1. The summed E-state index contributed by atoms with van der Waals surface area (Å²) in [6.45, 7) is 9.45. The highest BCUT2D eigenvalue weighted by atomic mass is 16.6. The average Bonchev–Trinajstić information content (AvgIpc) is 3.07. The van der Waals surface area contributed by atoms with Crippen molar-refractivity contribution >= 4 is 12.0 Å². The first-order chi connectivity index (χ1) is 13.2. The minimum atomic E-state index is -0.674. The van der Waals surface area contributed by atoms with Crippen molar-refractivity contribution in [2.24, 2.45) is 5.92 Å². The molecule has 1 unspecified atom stereocenters. The highest BCUT2D eigenvalue weighted by molar-refractivity contribution is 5.85. The Morgan fingerprint density at radius 2 is 1.86 bits per heavy atom. The van der Waals surface area contributed by atoms with Gasteiger partial charge in [0.05, 0.1) is 5.69 Å². The maximum atomic E-state index is 12.5. The Labute approximate surface area is 165 Å². The normalized spacial score (nSPS) is 12.5. The summed E-state index contributed by atoms with van der Waals surface area (Å²) in [5.41, 5.74) is 1.08. The van der Waals surface area contributed by atoms with Crippen molar-refractivity contribution < 1.29 is 18.8 Å². The number of hydrogen-bond donors (Lipinski definition) is 2. The van der Waals surface area contributed by atoms with Gasteiger partial charge < -0.3 is 19.9 Å². The SMILES string of the molecule is CC(C)C(NC(=O)OC(C)(C)C)C(=O)NCCc1cc(-c2ccccc2)on1. The number of nitrogens with one attached hydrogen (secondary N) is 2. The monoisotopic (exact) mass is 387 g/mol. The molecule has 1 aromatic carbocycles. The molecule has 0 saturated heterocycles. The second-order valence-corrected chi connectivity index (χ2v) is 7.96. The predicted octanol–water partition coefficient (Wildman–Crippen LogP) is 3.55. The van der Waals surface area contributed by atoms with E-state index in [1.165, 1.54) is 0 Å². The third-order valence-electron chi connectivity index (χ3n) is 3.92. The number of carbonyl (C=O) groups excluding carboxylic acids is 2. The summed E-state index contributed by atoms with van der Waals surface area (Å²) in [5.74, 6) is 0.352. The predicted molar refractivity (Wildman–Crippen MR) is 107 cm³/mol. The largest absolute Gasteiger partial charge is 0.444 e. The van der Waals surface area contributed by atoms with E-state index in [-0.39, 0.29) is 11.8 Å². The van der Waals surface area contributed by atoms with Gasteiger partial charge in [-0.2, -0.15) is 0 Å². The minimum absolute atomic E-state index is 0.0794. The Morgan fingerprint density at radius 3 is 2.46 bits per heavy atom. The van der Waals surface area contributed by atoms with Gasteiger partial charge >= 0.3 is 6.09 Å². The van der Waals surface area contributed by atoms with Crippen molar-refractivity contribution in [3.63, 3.8) is 0 Å². The molecule has 28 heavy (non-hydrogen) atoms. The van der Waals surface area contributed by atoms with Crippen LogP contribution in [0.3, 0.4) is 0 Å². The zero-order chi connectivity index (χ0) is 20.7. The first-order valence-corrected chi connectivity index (χ1v) is 9.44. The van der Waals surface area contributed by atoms with Crippen molar-refractivity contribution in [2.75, 3.05) is 6.54 Å². The Kier molecular flexibility index (Phi) is 7.20. The standard InChI is InChI=1S/C21H29N3O4/c1-14(2)18(23-20(26)27-21(3,4)5)19(25)22-12-11-16-13-17(28-24-16)15-9-7-6-8-10-15/h6-10,13-14,18H,11-12H2,1-5H3,(H,22,25)(H,23,26). The van der Waals surface area contributed by atoms with Crippen molar-refractivity contribution in [2.45, 2.75) is 52.7 Å². The number of benzene rings is 1. The number of carbonyl (C=O) groups is 2. The van der Waals surface area contributed by atoms with Gasteiger partial charge in [-0.05, 0) is 26.7 Å². The summed E-state index contributed by atoms with van der Waals surface area (Å²) in [7, 11) is 0. The lowest BCUT2D eigenvalue weighted by atomic mass is 10.0. The molecule has 7 heteroatoms. The van der Waals surface area contributed by atoms with Crippen LogP contribution in [0.5, 0.6) is 0 Å². The van der Waals surface area contributed by atoms with Crippen molar-refractivity contribution in [1.29, 1.82) is 0 Å². The molecule has 1 aromatic heterocycles. The van der Waals surface area contributed by atoms with E-state index in [2.05, 4.69) is 15.8 Å². The fourth-order valence-electron chi connectivity index (χ4n) is 2.56. The third-order valence-corrected chi connectivity index (χ3v) is 3.92. The van der Waals surface area contributed by atoms with Crippen LogP contribution in [0.25, 0.3) is 11.3 Å². The molecule has 0 spiro atoms. The summed E-state index contributed by atoms with van der Waals surface area (Å²) in [5, 5.41) is 9.52. The van der Waals surface area contributed by atoms with Crippen LogP contribution in [0, 0.1) is 5.92 Å². The summed E-state index contributed by atoms with van der Waals surface area (Å²) in [6, 6.07) is 10.9. The Hall–Kier alpha value is -2.83. The van der Waals surface area contributed by atoms with Gasteiger partial charge in [-0.25, -0.2) is 4.79 Å². The van der Waals surface area contributed by atoms with Crippen LogP contribution in [0.4, 0.5) is 4.79 Å². The number of aromatic nitrogens is 1. The number of alkyl carbamates (subject to hydrolysis) is 1. The first-order valence-electron chi connectivity index (χ1n) is 9.44. The van der Waals surface area contributed by atoms with Crippen LogP contribution >= 0.6 is 0 Å². The summed E-state index contributed by atoms with van der Waals surface area (Å²) >= 11 is 0. The minimum Gasteiger partial charge on any atom is -0.444 e. The zero-order valence-electron chi connectivity index (χ0n) is 17.1. The first kappa shape index (κ1) is 21.5. The Morgan fingerprint density at radius 1 is 1.18 bits per heavy atom. The second-order valence-electron chi connectivity index (χ2n) is 7.96. The molecule has 2 amide bonds. The van der Waals surface area contributed by atoms with Gasteiger partial charge in [0.25, 0.3) is 0 Å². The van der Waals surface area contributed by atoms with E-state index in [9.17, 15) is 9.59 Å². The van der Waals surface area contributed by atoms with E-state index in [0.717, 1.165) is 11.3 Å². The molecule has 2 aromatic rings. The summed E-state index contributed by atoms with van der Waals surface area (Å²) < 4.78 is 10.6. The smallest absolute Gasteiger partial charge is 0.408 e. The van der Waals surface area contributed by atoms with Crippen molar-refractivity contribution in [3.8, 4) is 11.3 Å². The van der Waals surface area contributed by atoms with Gasteiger partial charge in [-0.1, -0.05) is 49.3 Å². The van der Waals surface area contributed by atoms with Crippen molar-refractivity contribution in [3.05, 3.63) is 42.1 Å². The lowest BCUT2D eigenvalue weighted by Crippen LogP contribution is -2.51. The highest BCUT2D eigenvalue weighted by Crippen LogP contribution is 2.19. The van der Waals surface area contributed by atoms with Gasteiger partial charge in [-0.3, -0.25) is 4.79 Å². The molecule has 7 nitrogen and oxygen atoms in total. The summed E-state index contributed by atoms with van der Waals surface area (Å²) in [6.07, 6.45) is -0.0790. The van der Waals surface area contributed by atoms with Gasteiger partial charge in [0, 0.05) is 24.6 Å². The molecule has 152 valence electrons. The second kappa shape index (κ2) is 9.39. The molecule has 0 saturated carbocycles. The van der Waals surface area contributed by atoms with Gasteiger partial charge in [0.15, 0.2) is 5.76 Å². The average molecular weight is 387 g/mol. The molecule has 1 atom stereocenters. The van der Waals surface area contributed by atoms with Crippen LogP contribution in [0.2, 0.25) is 0 Å². The van der Waals surface area contributed by atoms with E-state index in [0.29, 0.717) is 18.7 Å². The summed E-state index contributed by atoms with van der Waals surface area (Å²) in [4.78, 5) is 24.5. The molecular weight excluding hydrogens is 358 g/mol. The molecular formula is C21H29N3O4. The molecule has 0 aliphatic heterocycles. The molecule has 0 aliphatic carbocycles. The lowest BCUT2D eigenvalue weighted by Gasteiger charge is -2.25. The molecule has 1 heterocycles. The Bertz CT molecular complexity index is 778. The molecule has 0 radical (unpaired) electrons. The van der Waals surface area contributed by atoms with Gasteiger partial charge in [-0.15, -0.1) is 0 Å². The maximum Gasteiger partial charge on any atom is 0.408 e. The van der Waals surface area contributed by atoms with Crippen LogP contribution < -0.4 is 10.6 Å². The van der Waals surface area contributed by atoms with Crippen LogP contribution in [-0.2, 0) is 16.0 Å². The van der Waals surface area contributed by atoms with Gasteiger partial charge in [0.2, 0.25) is 5.91 Å². The quantitative estimate of drug-likeness (QED) is 0.758. The maximum absolute atomic E-state index is 12.5. The van der Waals surface area contributed by atoms with Crippen LogP contribution in [-0.4, -0.2) is 35.3 Å². The number of rotatable bonds is 7. The van der Waals surface area contributed by atoms with Gasteiger partial charge in [0.1, 0.15) is 11.6 Å². The number of hydrogen-bond acceptors (Lipinski definition) is 5. The van der Waals surface area contributed by atoms with Crippen LogP contribution in [0.1, 0.15) is 40.3 Å². The molecule has 2 rings (SSSR count). The van der Waals surface area contributed by atoms with Crippen LogP contribution in [0.15, 0.2) is 40.9 Å². The van der Waals surface area contributed by atoms with E-state index in [4.69, 9.17) is 9.26 Å². The molecule has 0 aliphatic rings. The topological polar surface area (TPSA) is 93.5 Å². The fourth-order valence-corrected chi connectivity index (χ4v) is 2.56. The third kappa shape index (κ3) is 6.72.